The average Bonchev–Trinajstić information content (AvgIpc) is 2.72. The zero-order valence-corrected chi connectivity index (χ0v) is 14.5. The Labute approximate surface area is 152 Å². The van der Waals surface area contributed by atoms with E-state index in [0.29, 0.717) is 12.2 Å². The van der Waals surface area contributed by atoms with Gasteiger partial charge in [-0.25, -0.2) is 0 Å². The molecule has 0 unspecified atom stereocenters. The molecule has 0 fully saturated rings. The van der Waals surface area contributed by atoms with E-state index < -0.39 is 0 Å². The number of likely N-dealkylation sites (N-methyl/N-ethyl adjacent to an activating group) is 1. The standard InChI is InChI=1S/C19H20N6O/c1-25(13-8-15-4-9-20-10-5-15)18-3-2-17(23-24-18)19(26)22-14-16-6-11-21-12-7-16/h2-7,9-12H,8,13-14H2,1H3,(H,22,26). The van der Waals surface area contributed by atoms with E-state index in [-0.39, 0.29) is 5.91 Å². The summed E-state index contributed by atoms with van der Waals surface area (Å²) in [5.74, 6) is 0.477. The van der Waals surface area contributed by atoms with Gasteiger partial charge in [-0.3, -0.25) is 14.8 Å². The maximum atomic E-state index is 12.2. The van der Waals surface area contributed by atoms with Gasteiger partial charge in [-0.05, 0) is 53.9 Å². The van der Waals surface area contributed by atoms with Crippen LogP contribution in [-0.2, 0) is 13.0 Å². The van der Waals surface area contributed by atoms with E-state index in [1.807, 2.05) is 36.2 Å². The third-order valence-electron chi connectivity index (χ3n) is 3.96. The van der Waals surface area contributed by atoms with E-state index in [4.69, 9.17) is 0 Å². The summed E-state index contributed by atoms with van der Waals surface area (Å²) in [5.41, 5.74) is 2.49. The number of aromatic nitrogens is 4. The molecule has 0 bridgehead atoms. The molecule has 0 saturated heterocycles. The highest BCUT2D eigenvalue weighted by Crippen LogP contribution is 2.09. The molecule has 0 aliphatic carbocycles. The Morgan fingerprint density at radius 2 is 1.58 bits per heavy atom. The zero-order chi connectivity index (χ0) is 18.2. The number of pyridine rings is 2. The minimum absolute atomic E-state index is 0.250. The van der Waals surface area contributed by atoms with Gasteiger partial charge in [0, 0.05) is 44.9 Å². The van der Waals surface area contributed by atoms with Crippen molar-refractivity contribution >= 4 is 11.7 Å². The largest absolute Gasteiger partial charge is 0.358 e. The van der Waals surface area contributed by atoms with Gasteiger partial charge in [-0.2, -0.15) is 0 Å². The van der Waals surface area contributed by atoms with Crippen LogP contribution >= 0.6 is 0 Å². The highest BCUT2D eigenvalue weighted by Gasteiger charge is 2.10. The summed E-state index contributed by atoms with van der Waals surface area (Å²) in [7, 11) is 1.95. The summed E-state index contributed by atoms with van der Waals surface area (Å²) < 4.78 is 0. The molecule has 7 nitrogen and oxygen atoms in total. The first kappa shape index (κ1) is 17.5. The van der Waals surface area contributed by atoms with Gasteiger partial charge in [0.1, 0.15) is 0 Å². The third-order valence-corrected chi connectivity index (χ3v) is 3.96. The highest BCUT2D eigenvalue weighted by atomic mass is 16.1. The average molecular weight is 348 g/mol. The van der Waals surface area contributed by atoms with Gasteiger partial charge >= 0.3 is 0 Å². The fourth-order valence-corrected chi connectivity index (χ4v) is 2.38. The zero-order valence-electron chi connectivity index (χ0n) is 14.5. The van der Waals surface area contributed by atoms with Crippen LogP contribution in [0.1, 0.15) is 21.6 Å². The first-order valence-electron chi connectivity index (χ1n) is 8.33. The van der Waals surface area contributed by atoms with Gasteiger partial charge < -0.3 is 10.2 Å². The lowest BCUT2D eigenvalue weighted by Crippen LogP contribution is -2.25. The predicted octanol–water partition coefficient (Wildman–Crippen LogP) is 1.88. The van der Waals surface area contributed by atoms with E-state index in [9.17, 15) is 4.79 Å². The van der Waals surface area contributed by atoms with Gasteiger partial charge in [-0.1, -0.05) is 0 Å². The number of nitrogens with one attached hydrogen (secondary N) is 1. The Balaban J connectivity index is 1.53. The fourth-order valence-electron chi connectivity index (χ4n) is 2.38. The van der Waals surface area contributed by atoms with E-state index in [1.165, 1.54) is 5.56 Å². The number of anilines is 1. The number of hydrogen-bond acceptors (Lipinski definition) is 6. The van der Waals surface area contributed by atoms with Crippen LogP contribution in [0.3, 0.4) is 0 Å². The topological polar surface area (TPSA) is 83.9 Å². The summed E-state index contributed by atoms with van der Waals surface area (Å²) in [6.07, 6.45) is 7.84. The van der Waals surface area contributed by atoms with Crippen molar-refractivity contribution in [3.05, 3.63) is 78.0 Å². The van der Waals surface area contributed by atoms with Crippen molar-refractivity contribution < 1.29 is 4.79 Å². The second kappa shape index (κ2) is 8.66. The fraction of sp³-hybridized carbons (Fsp3) is 0.211. The molecule has 0 atom stereocenters. The van der Waals surface area contributed by atoms with Crippen LogP contribution in [0.2, 0.25) is 0 Å². The van der Waals surface area contributed by atoms with Gasteiger partial charge in [0.25, 0.3) is 5.91 Å². The summed E-state index contributed by atoms with van der Waals surface area (Å²) in [4.78, 5) is 22.1. The van der Waals surface area contributed by atoms with Crippen molar-refractivity contribution in [3.8, 4) is 0 Å². The van der Waals surface area contributed by atoms with Crippen molar-refractivity contribution in [2.45, 2.75) is 13.0 Å². The van der Waals surface area contributed by atoms with E-state index in [0.717, 1.165) is 24.3 Å². The Kier molecular flexibility index (Phi) is 5.82. The molecule has 1 N–H and O–H groups in total. The molecule has 0 radical (unpaired) electrons. The van der Waals surface area contributed by atoms with Crippen molar-refractivity contribution in [1.29, 1.82) is 0 Å². The molecular formula is C19H20N6O. The summed E-state index contributed by atoms with van der Waals surface area (Å²) in [6, 6.07) is 11.2. The second-order valence-corrected chi connectivity index (χ2v) is 5.84. The Morgan fingerprint density at radius 1 is 0.923 bits per heavy atom. The van der Waals surface area contributed by atoms with Crippen molar-refractivity contribution in [3.63, 3.8) is 0 Å². The molecule has 0 aromatic carbocycles. The molecule has 3 aromatic rings. The van der Waals surface area contributed by atoms with E-state index >= 15 is 0 Å². The predicted molar refractivity (Wildman–Crippen MR) is 98.7 cm³/mol. The molecule has 3 rings (SSSR count). The van der Waals surface area contributed by atoms with Crippen LogP contribution in [0.15, 0.2) is 61.2 Å². The number of amides is 1. The SMILES string of the molecule is CN(CCc1ccncc1)c1ccc(C(=O)NCc2ccncc2)nn1. The maximum absolute atomic E-state index is 12.2. The molecule has 0 saturated carbocycles. The summed E-state index contributed by atoms with van der Waals surface area (Å²) in [6.45, 7) is 1.23. The third kappa shape index (κ3) is 4.83. The number of carbonyl (C=O) groups excluding carboxylic acids is 1. The van der Waals surface area contributed by atoms with Crippen LogP contribution in [0, 0.1) is 0 Å². The molecule has 0 spiro atoms. The van der Waals surface area contributed by atoms with Gasteiger partial charge in [0.15, 0.2) is 11.5 Å². The first-order chi connectivity index (χ1) is 12.7. The lowest BCUT2D eigenvalue weighted by molar-refractivity contribution is 0.0945. The van der Waals surface area contributed by atoms with Crippen LogP contribution in [0.5, 0.6) is 0 Å². The van der Waals surface area contributed by atoms with Gasteiger partial charge in [-0.15, -0.1) is 10.2 Å². The molecule has 0 aliphatic heterocycles. The molecule has 0 aliphatic rings. The summed E-state index contributed by atoms with van der Waals surface area (Å²) in [5, 5.41) is 11.0. The Hall–Kier alpha value is -3.35. The molecule has 3 aromatic heterocycles. The number of nitrogens with zero attached hydrogens (tertiary/aromatic N) is 5. The van der Waals surface area contributed by atoms with Crippen molar-refractivity contribution in [2.24, 2.45) is 0 Å². The quantitative estimate of drug-likeness (QED) is 0.702. The van der Waals surface area contributed by atoms with E-state index in [1.54, 1.807) is 36.9 Å². The second-order valence-electron chi connectivity index (χ2n) is 5.84. The number of carbonyl (C=O) groups is 1. The molecule has 132 valence electrons. The first-order valence-corrected chi connectivity index (χ1v) is 8.33. The number of rotatable bonds is 7. The van der Waals surface area contributed by atoms with Gasteiger partial charge in [0.05, 0.1) is 0 Å². The monoisotopic (exact) mass is 348 g/mol. The molecular weight excluding hydrogens is 328 g/mol. The molecule has 26 heavy (non-hydrogen) atoms. The van der Waals surface area contributed by atoms with Crippen LogP contribution in [0.25, 0.3) is 0 Å². The smallest absolute Gasteiger partial charge is 0.272 e. The Bertz CT molecular complexity index is 824. The van der Waals surface area contributed by atoms with Crippen molar-refractivity contribution in [2.75, 3.05) is 18.5 Å². The summed E-state index contributed by atoms with van der Waals surface area (Å²) >= 11 is 0. The minimum atomic E-state index is -0.250. The van der Waals surface area contributed by atoms with E-state index in [2.05, 4.69) is 25.5 Å². The Morgan fingerprint density at radius 3 is 2.19 bits per heavy atom. The van der Waals surface area contributed by atoms with Crippen molar-refractivity contribution in [1.82, 2.24) is 25.5 Å². The number of hydrogen-bond donors (Lipinski definition) is 1. The minimum Gasteiger partial charge on any atom is -0.358 e. The molecule has 7 heteroatoms. The lowest BCUT2D eigenvalue weighted by Gasteiger charge is -2.17. The van der Waals surface area contributed by atoms with Crippen LogP contribution < -0.4 is 10.2 Å². The van der Waals surface area contributed by atoms with Gasteiger partial charge in [0.2, 0.25) is 0 Å². The lowest BCUT2D eigenvalue weighted by atomic mass is 10.2. The normalized spacial score (nSPS) is 10.3. The highest BCUT2D eigenvalue weighted by molar-refractivity contribution is 5.92. The van der Waals surface area contributed by atoms with Crippen LogP contribution in [-0.4, -0.2) is 39.7 Å². The molecule has 1 amide bonds. The van der Waals surface area contributed by atoms with Crippen LogP contribution in [0.4, 0.5) is 5.82 Å². The molecule has 3 heterocycles. The maximum Gasteiger partial charge on any atom is 0.272 e.